The number of piperazine rings is 1. The van der Waals surface area contributed by atoms with E-state index >= 15 is 0 Å². The van der Waals surface area contributed by atoms with Crippen LogP contribution in [0.2, 0.25) is 0 Å². The normalized spacial score (nSPS) is 18.3. The summed E-state index contributed by atoms with van der Waals surface area (Å²) in [7, 11) is 0. The first-order valence-corrected chi connectivity index (χ1v) is 8.35. The Hall–Kier alpha value is -1.18. The fourth-order valence-corrected chi connectivity index (χ4v) is 3.40. The number of aromatic hydroxyl groups is 1. The number of nitrogens with zero attached hydrogens (tertiary/aromatic N) is 1. The van der Waals surface area contributed by atoms with Gasteiger partial charge in [-0.1, -0.05) is 20.3 Å². The van der Waals surface area contributed by atoms with E-state index in [1.54, 1.807) is 0 Å². The molecule has 25 heavy (non-hydrogen) atoms. The third kappa shape index (κ3) is 6.24. The predicted molar refractivity (Wildman–Crippen MR) is 93.3 cm³/mol. The van der Waals surface area contributed by atoms with Gasteiger partial charge in [0.25, 0.3) is 0 Å². The first-order chi connectivity index (χ1) is 11.3. The van der Waals surface area contributed by atoms with E-state index in [2.05, 4.69) is 28.8 Å². The molecule has 4 nitrogen and oxygen atoms in total. The van der Waals surface area contributed by atoms with Crippen molar-refractivity contribution in [2.75, 3.05) is 26.2 Å². The van der Waals surface area contributed by atoms with Crippen LogP contribution in [0.5, 0.6) is 11.5 Å². The second kappa shape index (κ2) is 9.50. The standard InChI is InChI=1S/C17H25F3N2O2.ClH/c1-3-4-12(2)16(22-9-7-21-8-10-22)14-11-13(5-6-15(14)23)24-17(18,19)20;/h5-6,11-12,16,21,23H,3-4,7-10H2,1-2H3;1H/t12?,16-;/m1./s1. The van der Waals surface area contributed by atoms with Gasteiger partial charge < -0.3 is 15.2 Å². The topological polar surface area (TPSA) is 44.7 Å². The highest BCUT2D eigenvalue weighted by Gasteiger charge is 2.33. The zero-order chi connectivity index (χ0) is 17.7. The van der Waals surface area contributed by atoms with Crippen LogP contribution < -0.4 is 10.1 Å². The Labute approximate surface area is 152 Å². The Balaban J connectivity index is 0.00000312. The molecule has 1 unspecified atom stereocenters. The van der Waals surface area contributed by atoms with Gasteiger partial charge in [0.1, 0.15) is 11.5 Å². The van der Waals surface area contributed by atoms with Crippen molar-refractivity contribution in [3.8, 4) is 11.5 Å². The van der Waals surface area contributed by atoms with Gasteiger partial charge >= 0.3 is 6.36 Å². The van der Waals surface area contributed by atoms with Crippen molar-refractivity contribution >= 4 is 12.4 Å². The third-order valence-electron chi connectivity index (χ3n) is 4.38. The summed E-state index contributed by atoms with van der Waals surface area (Å²) in [6.45, 7) is 7.40. The predicted octanol–water partition coefficient (Wildman–Crippen LogP) is 4.10. The molecule has 1 heterocycles. The number of ether oxygens (including phenoxy) is 1. The van der Waals surface area contributed by atoms with Crippen LogP contribution in [-0.4, -0.2) is 42.5 Å². The van der Waals surface area contributed by atoms with Gasteiger partial charge in [-0.05, 0) is 30.5 Å². The van der Waals surface area contributed by atoms with E-state index in [0.717, 1.165) is 45.1 Å². The first-order valence-electron chi connectivity index (χ1n) is 8.35. The molecule has 1 aliphatic heterocycles. The molecule has 1 fully saturated rings. The molecule has 2 N–H and O–H groups in total. The number of rotatable bonds is 6. The second-order valence-corrected chi connectivity index (χ2v) is 6.27. The number of halogens is 4. The molecule has 0 bridgehead atoms. The summed E-state index contributed by atoms with van der Waals surface area (Å²) in [5.74, 6) is -0.0738. The van der Waals surface area contributed by atoms with Crippen LogP contribution in [0, 0.1) is 5.92 Å². The largest absolute Gasteiger partial charge is 0.573 e. The van der Waals surface area contributed by atoms with E-state index in [1.165, 1.54) is 12.1 Å². The number of alkyl halides is 3. The van der Waals surface area contributed by atoms with E-state index < -0.39 is 6.36 Å². The number of benzene rings is 1. The van der Waals surface area contributed by atoms with Crippen LogP contribution in [-0.2, 0) is 0 Å². The zero-order valence-electron chi connectivity index (χ0n) is 14.5. The highest BCUT2D eigenvalue weighted by atomic mass is 35.5. The highest BCUT2D eigenvalue weighted by molar-refractivity contribution is 5.85. The van der Waals surface area contributed by atoms with Crippen LogP contribution in [0.1, 0.15) is 38.3 Å². The first kappa shape index (κ1) is 21.9. The lowest BCUT2D eigenvalue weighted by Gasteiger charge is -2.39. The van der Waals surface area contributed by atoms with Gasteiger partial charge in [-0.25, -0.2) is 0 Å². The molecule has 0 aromatic heterocycles. The number of phenolic OH excluding ortho intramolecular Hbond substituents is 1. The van der Waals surface area contributed by atoms with E-state index in [-0.39, 0.29) is 35.9 Å². The average molecular weight is 383 g/mol. The monoisotopic (exact) mass is 382 g/mol. The fourth-order valence-electron chi connectivity index (χ4n) is 3.40. The maximum atomic E-state index is 12.5. The third-order valence-corrected chi connectivity index (χ3v) is 4.38. The van der Waals surface area contributed by atoms with Crippen molar-refractivity contribution in [3.63, 3.8) is 0 Å². The lowest BCUT2D eigenvalue weighted by molar-refractivity contribution is -0.274. The molecule has 0 spiro atoms. The molecular weight excluding hydrogens is 357 g/mol. The summed E-state index contributed by atoms with van der Waals surface area (Å²) in [6, 6.07) is 3.61. The van der Waals surface area contributed by atoms with Crippen LogP contribution >= 0.6 is 12.4 Å². The molecular formula is C17H26ClF3N2O2. The maximum absolute atomic E-state index is 12.5. The molecule has 2 rings (SSSR count). The van der Waals surface area contributed by atoms with Crippen molar-refractivity contribution in [1.29, 1.82) is 0 Å². The minimum atomic E-state index is -4.74. The molecule has 0 radical (unpaired) electrons. The molecule has 1 aromatic rings. The Morgan fingerprint density at radius 3 is 2.48 bits per heavy atom. The molecule has 1 aliphatic rings. The van der Waals surface area contributed by atoms with Crippen LogP contribution in [0.3, 0.4) is 0 Å². The minimum Gasteiger partial charge on any atom is -0.508 e. The summed E-state index contributed by atoms with van der Waals surface area (Å²) in [5, 5.41) is 13.5. The summed E-state index contributed by atoms with van der Waals surface area (Å²) < 4.78 is 41.5. The van der Waals surface area contributed by atoms with Crippen molar-refractivity contribution in [2.45, 2.75) is 39.1 Å². The smallest absolute Gasteiger partial charge is 0.508 e. The van der Waals surface area contributed by atoms with Crippen molar-refractivity contribution in [1.82, 2.24) is 10.2 Å². The van der Waals surface area contributed by atoms with E-state index in [9.17, 15) is 18.3 Å². The van der Waals surface area contributed by atoms with Crippen LogP contribution in [0.25, 0.3) is 0 Å². The zero-order valence-corrected chi connectivity index (χ0v) is 15.3. The van der Waals surface area contributed by atoms with Gasteiger partial charge in [0.05, 0.1) is 0 Å². The maximum Gasteiger partial charge on any atom is 0.573 e. The fraction of sp³-hybridized carbons (Fsp3) is 0.647. The van der Waals surface area contributed by atoms with Gasteiger partial charge in [0, 0.05) is 37.8 Å². The number of phenols is 1. The Morgan fingerprint density at radius 1 is 1.28 bits per heavy atom. The minimum absolute atomic E-state index is 0. The van der Waals surface area contributed by atoms with Gasteiger partial charge in [0.15, 0.2) is 0 Å². The summed E-state index contributed by atoms with van der Waals surface area (Å²) >= 11 is 0. The highest BCUT2D eigenvalue weighted by Crippen LogP contribution is 2.39. The SMILES string of the molecule is CCCC(C)[C@H](c1cc(OC(F)(F)F)ccc1O)N1CCNCC1.Cl. The van der Waals surface area contributed by atoms with Crippen LogP contribution in [0.4, 0.5) is 13.2 Å². The molecule has 0 aliphatic carbocycles. The molecule has 144 valence electrons. The van der Waals surface area contributed by atoms with Crippen LogP contribution in [0.15, 0.2) is 18.2 Å². The number of nitrogens with one attached hydrogen (secondary N) is 1. The summed E-state index contributed by atoms with van der Waals surface area (Å²) in [6.07, 6.45) is -2.84. The van der Waals surface area contributed by atoms with Gasteiger partial charge in [0.2, 0.25) is 0 Å². The van der Waals surface area contributed by atoms with Crippen molar-refractivity contribution < 1.29 is 23.0 Å². The van der Waals surface area contributed by atoms with Gasteiger partial charge in [-0.3, -0.25) is 4.90 Å². The molecule has 0 saturated carbocycles. The van der Waals surface area contributed by atoms with E-state index in [1.807, 2.05) is 0 Å². The van der Waals surface area contributed by atoms with Crippen molar-refractivity contribution in [2.24, 2.45) is 5.92 Å². The van der Waals surface area contributed by atoms with E-state index in [4.69, 9.17) is 0 Å². The van der Waals surface area contributed by atoms with E-state index in [0.29, 0.717) is 5.56 Å². The lowest BCUT2D eigenvalue weighted by atomic mass is 9.88. The molecule has 8 heteroatoms. The Morgan fingerprint density at radius 2 is 1.92 bits per heavy atom. The van der Waals surface area contributed by atoms with Gasteiger partial charge in [-0.2, -0.15) is 0 Å². The van der Waals surface area contributed by atoms with Gasteiger partial charge in [-0.15, -0.1) is 25.6 Å². The summed E-state index contributed by atoms with van der Waals surface area (Å²) in [4.78, 5) is 2.23. The molecule has 1 saturated heterocycles. The lowest BCUT2D eigenvalue weighted by Crippen LogP contribution is -2.46. The Bertz CT molecular complexity index is 537. The molecule has 2 atom stereocenters. The average Bonchev–Trinajstić information content (AvgIpc) is 2.50. The second-order valence-electron chi connectivity index (χ2n) is 6.27. The Kier molecular flexibility index (Phi) is 8.31. The van der Waals surface area contributed by atoms with Crippen molar-refractivity contribution in [3.05, 3.63) is 23.8 Å². The summed E-state index contributed by atoms with van der Waals surface area (Å²) in [5.41, 5.74) is 0.500. The number of hydrogen-bond acceptors (Lipinski definition) is 4. The molecule has 1 aromatic carbocycles. The number of hydrogen-bond donors (Lipinski definition) is 2. The quantitative estimate of drug-likeness (QED) is 0.777. The molecule has 0 amide bonds.